The smallest absolute Gasteiger partial charge is 0.238 e. The first-order valence-corrected chi connectivity index (χ1v) is 8.88. The quantitative estimate of drug-likeness (QED) is 0.436. The van der Waals surface area contributed by atoms with E-state index in [1.807, 2.05) is 60.8 Å². The number of rotatable bonds is 4. The largest absolute Gasteiger partial charge is 0.453 e. The summed E-state index contributed by atoms with van der Waals surface area (Å²) in [5.74, 6) is 2.27. The second kappa shape index (κ2) is 6.45. The van der Waals surface area contributed by atoms with Crippen molar-refractivity contribution < 1.29 is 8.94 Å². The third-order valence-corrected chi connectivity index (χ3v) is 4.69. The van der Waals surface area contributed by atoms with Crippen LogP contribution in [0.5, 0.6) is 0 Å². The lowest BCUT2D eigenvalue weighted by Crippen LogP contribution is -1.87. The summed E-state index contributed by atoms with van der Waals surface area (Å²) in [7, 11) is 0. The molecule has 0 atom stereocenters. The Kier molecular flexibility index (Phi) is 3.80. The number of halogens is 1. The van der Waals surface area contributed by atoms with Crippen molar-refractivity contribution in [1.29, 1.82) is 0 Å². The van der Waals surface area contributed by atoms with Gasteiger partial charge in [0.15, 0.2) is 5.76 Å². The van der Waals surface area contributed by atoms with E-state index >= 15 is 0 Å². The highest BCUT2D eigenvalue weighted by Gasteiger charge is 2.15. The molecule has 27 heavy (non-hydrogen) atoms. The van der Waals surface area contributed by atoms with Gasteiger partial charge >= 0.3 is 0 Å². The minimum absolute atomic E-state index is 0.435. The van der Waals surface area contributed by atoms with Gasteiger partial charge in [0.25, 0.3) is 0 Å². The molecule has 0 saturated heterocycles. The number of fused-ring (bicyclic) bond motifs is 1. The van der Waals surface area contributed by atoms with Crippen LogP contribution in [-0.2, 0) is 6.42 Å². The van der Waals surface area contributed by atoms with Crippen LogP contribution < -0.4 is 0 Å². The highest BCUT2D eigenvalue weighted by Crippen LogP contribution is 2.28. The van der Waals surface area contributed by atoms with E-state index in [0.717, 1.165) is 27.8 Å². The van der Waals surface area contributed by atoms with E-state index in [2.05, 4.69) is 21.2 Å². The first-order chi connectivity index (χ1) is 13.3. The summed E-state index contributed by atoms with van der Waals surface area (Å²) < 4.78 is 11.3. The molecule has 0 bridgehead atoms. The molecule has 3 heterocycles. The van der Waals surface area contributed by atoms with E-state index in [1.54, 1.807) is 0 Å². The van der Waals surface area contributed by atoms with Crippen LogP contribution in [0, 0.1) is 0 Å². The summed E-state index contributed by atoms with van der Waals surface area (Å²) in [5, 5.41) is 5.90. The molecule has 5 rings (SSSR count). The normalized spacial score (nSPS) is 11.3. The first kappa shape index (κ1) is 15.9. The molecule has 0 unspecified atom stereocenters. The molecule has 0 saturated carbocycles. The zero-order valence-corrected chi connectivity index (χ0v) is 14.9. The summed E-state index contributed by atoms with van der Waals surface area (Å²) in [5.41, 5.74) is 3.14. The standard InChI is InChI=1S/C21H14ClN3O2/c22-15-7-5-13(6-8-15)18-9-10-19(26-18)21-24-20(27-25-21)11-14-12-23-17-4-2-1-3-16(14)17/h1-10,12,23H,11H2. The van der Waals surface area contributed by atoms with Gasteiger partial charge in [-0.1, -0.05) is 35.0 Å². The predicted molar refractivity (Wildman–Crippen MR) is 104 cm³/mol. The van der Waals surface area contributed by atoms with Crippen molar-refractivity contribution in [2.75, 3.05) is 0 Å². The van der Waals surface area contributed by atoms with E-state index in [9.17, 15) is 0 Å². The van der Waals surface area contributed by atoms with Crippen molar-refractivity contribution in [2.45, 2.75) is 6.42 Å². The van der Waals surface area contributed by atoms with Crippen molar-refractivity contribution in [3.8, 4) is 22.9 Å². The van der Waals surface area contributed by atoms with E-state index in [4.69, 9.17) is 20.5 Å². The minimum atomic E-state index is 0.435. The molecule has 6 heteroatoms. The molecule has 132 valence electrons. The summed E-state index contributed by atoms with van der Waals surface area (Å²) in [4.78, 5) is 7.73. The van der Waals surface area contributed by atoms with Crippen LogP contribution in [-0.4, -0.2) is 15.1 Å². The molecule has 0 amide bonds. The van der Waals surface area contributed by atoms with Crippen LogP contribution in [0.15, 0.2) is 75.8 Å². The number of nitrogens with one attached hydrogen (secondary N) is 1. The lowest BCUT2D eigenvalue weighted by atomic mass is 10.1. The van der Waals surface area contributed by atoms with Crippen LogP contribution in [0.2, 0.25) is 5.02 Å². The topological polar surface area (TPSA) is 67.8 Å². The maximum Gasteiger partial charge on any atom is 0.238 e. The van der Waals surface area contributed by atoms with Crippen LogP contribution >= 0.6 is 11.6 Å². The Balaban J connectivity index is 1.40. The molecule has 5 aromatic rings. The molecule has 0 aliphatic heterocycles. The summed E-state index contributed by atoms with van der Waals surface area (Å²) in [6.45, 7) is 0. The Hall–Kier alpha value is -3.31. The van der Waals surface area contributed by atoms with Gasteiger partial charge in [0.05, 0.1) is 6.42 Å². The number of benzene rings is 2. The van der Waals surface area contributed by atoms with Gasteiger partial charge in [0, 0.05) is 27.7 Å². The van der Waals surface area contributed by atoms with Gasteiger partial charge < -0.3 is 13.9 Å². The summed E-state index contributed by atoms with van der Waals surface area (Å²) in [6.07, 6.45) is 2.53. The van der Waals surface area contributed by atoms with E-state index in [-0.39, 0.29) is 0 Å². The van der Waals surface area contributed by atoms with Gasteiger partial charge in [0.2, 0.25) is 11.7 Å². The molecular formula is C21H14ClN3O2. The van der Waals surface area contributed by atoms with Crippen molar-refractivity contribution in [1.82, 2.24) is 15.1 Å². The van der Waals surface area contributed by atoms with Crippen LogP contribution in [0.25, 0.3) is 33.8 Å². The third kappa shape index (κ3) is 3.02. The highest BCUT2D eigenvalue weighted by molar-refractivity contribution is 6.30. The van der Waals surface area contributed by atoms with Gasteiger partial charge in [-0.15, -0.1) is 0 Å². The van der Waals surface area contributed by atoms with Gasteiger partial charge in [0.1, 0.15) is 5.76 Å². The zero-order chi connectivity index (χ0) is 18.2. The van der Waals surface area contributed by atoms with Gasteiger partial charge in [-0.05, 0) is 48.0 Å². The minimum Gasteiger partial charge on any atom is -0.453 e. The van der Waals surface area contributed by atoms with E-state index in [0.29, 0.717) is 28.9 Å². The van der Waals surface area contributed by atoms with Gasteiger partial charge in [-0.25, -0.2) is 0 Å². The Morgan fingerprint density at radius 2 is 1.74 bits per heavy atom. The van der Waals surface area contributed by atoms with Crippen LogP contribution in [0.3, 0.4) is 0 Å². The summed E-state index contributed by atoms with van der Waals surface area (Å²) >= 11 is 5.93. The molecular weight excluding hydrogens is 362 g/mol. The number of aromatic nitrogens is 3. The maximum atomic E-state index is 5.93. The van der Waals surface area contributed by atoms with Crippen molar-refractivity contribution >= 4 is 22.5 Å². The number of nitrogens with zero attached hydrogens (tertiary/aromatic N) is 2. The molecule has 5 nitrogen and oxygen atoms in total. The van der Waals surface area contributed by atoms with Crippen molar-refractivity contribution in [3.63, 3.8) is 0 Å². The van der Waals surface area contributed by atoms with Crippen LogP contribution in [0.1, 0.15) is 11.5 Å². The fraction of sp³-hybridized carbons (Fsp3) is 0.0476. The third-order valence-electron chi connectivity index (χ3n) is 4.44. The summed E-state index contributed by atoms with van der Waals surface area (Å²) in [6, 6.07) is 19.3. The highest BCUT2D eigenvalue weighted by atomic mass is 35.5. The number of furan rings is 1. The Labute approximate surface area is 159 Å². The number of H-pyrrole nitrogens is 1. The SMILES string of the molecule is Clc1ccc(-c2ccc(-c3noc(Cc4c[nH]c5ccccc45)n3)o2)cc1. The molecule has 3 aromatic heterocycles. The van der Waals surface area contributed by atoms with Crippen molar-refractivity contribution in [3.05, 3.63) is 83.3 Å². The Morgan fingerprint density at radius 1 is 0.926 bits per heavy atom. The second-order valence-electron chi connectivity index (χ2n) is 6.22. The predicted octanol–water partition coefficient (Wildman–Crippen LogP) is 5.72. The molecule has 2 aromatic carbocycles. The lowest BCUT2D eigenvalue weighted by Gasteiger charge is -1.96. The van der Waals surface area contributed by atoms with Crippen LogP contribution in [0.4, 0.5) is 0 Å². The number of para-hydroxylation sites is 1. The first-order valence-electron chi connectivity index (χ1n) is 8.50. The number of aromatic amines is 1. The Bertz CT molecular complexity index is 1220. The van der Waals surface area contributed by atoms with Gasteiger partial charge in [-0.2, -0.15) is 4.98 Å². The molecule has 0 aliphatic carbocycles. The monoisotopic (exact) mass is 375 g/mol. The van der Waals surface area contributed by atoms with E-state index < -0.39 is 0 Å². The average Bonchev–Trinajstić information content (AvgIpc) is 3.43. The number of hydrogen-bond acceptors (Lipinski definition) is 4. The second-order valence-corrected chi connectivity index (χ2v) is 6.66. The number of hydrogen-bond donors (Lipinski definition) is 1. The average molecular weight is 376 g/mol. The molecule has 1 N–H and O–H groups in total. The zero-order valence-electron chi connectivity index (χ0n) is 14.1. The fourth-order valence-electron chi connectivity index (χ4n) is 3.09. The molecule has 0 radical (unpaired) electrons. The Morgan fingerprint density at radius 3 is 2.63 bits per heavy atom. The molecule has 0 aliphatic rings. The molecule has 0 fully saturated rings. The maximum absolute atomic E-state index is 5.93. The fourth-order valence-corrected chi connectivity index (χ4v) is 3.22. The molecule has 0 spiro atoms. The van der Waals surface area contributed by atoms with Crippen molar-refractivity contribution in [2.24, 2.45) is 0 Å². The van der Waals surface area contributed by atoms with E-state index in [1.165, 1.54) is 0 Å². The lowest BCUT2D eigenvalue weighted by molar-refractivity contribution is 0.384. The van der Waals surface area contributed by atoms with Gasteiger partial charge in [-0.3, -0.25) is 0 Å².